The highest BCUT2D eigenvalue weighted by atomic mass is 16.2. The number of urea groups is 1. The van der Waals surface area contributed by atoms with Crippen LogP contribution in [0.2, 0.25) is 0 Å². The third kappa shape index (κ3) is 4.18. The first kappa shape index (κ1) is 20.1. The molecule has 0 aromatic carbocycles. The second-order valence-corrected chi connectivity index (χ2v) is 9.54. The molecule has 2 N–H and O–H groups in total. The number of dihydropyridines is 1. The van der Waals surface area contributed by atoms with Crippen LogP contribution in [0.15, 0.2) is 42.4 Å². The van der Waals surface area contributed by atoms with Crippen molar-refractivity contribution in [2.75, 3.05) is 19.6 Å². The van der Waals surface area contributed by atoms with Crippen molar-refractivity contribution >= 4 is 11.9 Å². The fourth-order valence-electron chi connectivity index (χ4n) is 5.23. The molecule has 3 amide bonds. The number of allylic oxidation sites excluding steroid dienone is 1. The first-order valence-electron chi connectivity index (χ1n) is 11.4. The van der Waals surface area contributed by atoms with E-state index in [9.17, 15) is 9.59 Å². The first-order valence-corrected chi connectivity index (χ1v) is 11.4. The number of fused-ring (bicyclic) bond motifs is 1. The lowest BCUT2D eigenvalue weighted by Gasteiger charge is -2.33. The zero-order valence-corrected chi connectivity index (χ0v) is 18.1. The standard InChI is InChI=1S/C24H31N5O2/c1-17-2-3-18(12-26-17)10-22(30)28-8-5-24(6-9-28)11-21(24)14-27-23(31)29-15-19-4-7-25-13-20(19)16-29/h2-4,7,12-13,17,21,26H,5-6,8-11,14-16H2,1H3,(H,27,31). The van der Waals surface area contributed by atoms with Gasteiger partial charge in [0.25, 0.3) is 0 Å². The zero-order chi connectivity index (χ0) is 21.4. The number of carbonyl (C=O) groups is 2. The van der Waals surface area contributed by atoms with E-state index in [0.717, 1.165) is 50.0 Å². The highest BCUT2D eigenvalue weighted by Crippen LogP contribution is 2.59. The monoisotopic (exact) mass is 421 g/mol. The van der Waals surface area contributed by atoms with Gasteiger partial charge in [0.15, 0.2) is 0 Å². The molecule has 4 heterocycles. The molecule has 31 heavy (non-hydrogen) atoms. The summed E-state index contributed by atoms with van der Waals surface area (Å²) in [6, 6.07) is 2.34. The smallest absolute Gasteiger partial charge is 0.318 e. The minimum atomic E-state index is 0.0163. The average molecular weight is 422 g/mol. The lowest BCUT2D eigenvalue weighted by atomic mass is 9.90. The van der Waals surface area contributed by atoms with Gasteiger partial charge in [-0.15, -0.1) is 0 Å². The fraction of sp³-hybridized carbons (Fsp3) is 0.542. The molecular weight excluding hydrogens is 390 g/mol. The van der Waals surface area contributed by atoms with Gasteiger partial charge in [-0.25, -0.2) is 4.79 Å². The SMILES string of the molecule is CC1C=CC(CC(=O)N2CCC3(CC2)CC3CNC(=O)N2Cc3ccncc3C2)=CN1. The number of likely N-dealkylation sites (tertiary alicyclic amines) is 1. The highest BCUT2D eigenvalue weighted by Gasteiger charge is 2.54. The lowest BCUT2D eigenvalue weighted by Crippen LogP contribution is -2.41. The van der Waals surface area contributed by atoms with Crippen LogP contribution in [0.1, 0.15) is 43.7 Å². The van der Waals surface area contributed by atoms with Gasteiger partial charge >= 0.3 is 6.03 Å². The molecular formula is C24H31N5O2. The van der Waals surface area contributed by atoms with Gasteiger partial charge in [-0.3, -0.25) is 9.78 Å². The van der Waals surface area contributed by atoms with Gasteiger partial charge in [0.2, 0.25) is 5.91 Å². The van der Waals surface area contributed by atoms with E-state index < -0.39 is 0 Å². The molecule has 1 saturated carbocycles. The summed E-state index contributed by atoms with van der Waals surface area (Å²) in [5.74, 6) is 0.755. The Bertz CT molecular complexity index is 907. The Morgan fingerprint density at radius 2 is 2.03 bits per heavy atom. The Morgan fingerprint density at radius 1 is 1.23 bits per heavy atom. The Labute approximate surface area is 183 Å². The van der Waals surface area contributed by atoms with Crippen molar-refractivity contribution in [3.63, 3.8) is 0 Å². The molecule has 0 radical (unpaired) electrons. The van der Waals surface area contributed by atoms with E-state index >= 15 is 0 Å². The number of nitrogens with zero attached hydrogens (tertiary/aromatic N) is 3. The van der Waals surface area contributed by atoms with Crippen LogP contribution in [-0.4, -0.2) is 52.4 Å². The number of aromatic nitrogens is 1. The van der Waals surface area contributed by atoms with E-state index in [1.165, 1.54) is 5.56 Å². The number of piperidine rings is 1. The molecule has 0 bridgehead atoms. The number of pyridine rings is 1. The van der Waals surface area contributed by atoms with Crippen molar-refractivity contribution in [2.24, 2.45) is 11.3 Å². The predicted octanol–water partition coefficient (Wildman–Crippen LogP) is 2.56. The summed E-state index contributed by atoms with van der Waals surface area (Å²) in [7, 11) is 0. The normalized spacial score (nSPS) is 25.6. The van der Waals surface area contributed by atoms with Gasteiger partial charge in [0.1, 0.15) is 0 Å². The average Bonchev–Trinajstić information content (AvgIpc) is 3.25. The number of carbonyl (C=O) groups excluding carboxylic acids is 2. The number of nitrogens with one attached hydrogen (secondary N) is 2. The van der Waals surface area contributed by atoms with Crippen LogP contribution in [0.3, 0.4) is 0 Å². The predicted molar refractivity (Wildman–Crippen MR) is 118 cm³/mol. The van der Waals surface area contributed by atoms with Crippen molar-refractivity contribution in [1.29, 1.82) is 0 Å². The molecule has 1 aromatic rings. The van der Waals surface area contributed by atoms with Crippen LogP contribution >= 0.6 is 0 Å². The maximum Gasteiger partial charge on any atom is 0.318 e. The molecule has 5 rings (SSSR count). The summed E-state index contributed by atoms with van der Waals surface area (Å²) >= 11 is 0. The van der Waals surface area contributed by atoms with Gasteiger partial charge in [0.05, 0.1) is 6.42 Å². The Kier molecular flexibility index (Phi) is 5.20. The number of amides is 3. The molecule has 1 aromatic heterocycles. The highest BCUT2D eigenvalue weighted by molar-refractivity contribution is 5.79. The molecule has 4 aliphatic rings. The number of hydrogen-bond acceptors (Lipinski definition) is 4. The minimum Gasteiger partial charge on any atom is -0.385 e. The third-order valence-corrected chi connectivity index (χ3v) is 7.47. The minimum absolute atomic E-state index is 0.0163. The van der Waals surface area contributed by atoms with E-state index in [-0.39, 0.29) is 11.9 Å². The molecule has 1 aliphatic carbocycles. The summed E-state index contributed by atoms with van der Waals surface area (Å²) in [5.41, 5.74) is 3.70. The second-order valence-electron chi connectivity index (χ2n) is 9.54. The van der Waals surface area contributed by atoms with E-state index in [2.05, 4.69) is 34.7 Å². The lowest BCUT2D eigenvalue weighted by molar-refractivity contribution is -0.132. The van der Waals surface area contributed by atoms with Crippen molar-refractivity contribution in [3.05, 3.63) is 53.5 Å². The molecule has 3 aliphatic heterocycles. The maximum absolute atomic E-state index is 12.7. The van der Waals surface area contributed by atoms with E-state index in [0.29, 0.717) is 36.9 Å². The molecule has 2 atom stereocenters. The summed E-state index contributed by atoms with van der Waals surface area (Å²) < 4.78 is 0. The van der Waals surface area contributed by atoms with Crippen LogP contribution in [0.25, 0.3) is 0 Å². The van der Waals surface area contributed by atoms with Crippen molar-refractivity contribution in [1.82, 2.24) is 25.4 Å². The van der Waals surface area contributed by atoms with Crippen LogP contribution in [0.4, 0.5) is 4.79 Å². The third-order valence-electron chi connectivity index (χ3n) is 7.47. The van der Waals surface area contributed by atoms with Gasteiger partial charge in [-0.2, -0.15) is 0 Å². The van der Waals surface area contributed by atoms with E-state index in [4.69, 9.17) is 0 Å². The van der Waals surface area contributed by atoms with Gasteiger partial charge in [-0.05, 0) is 60.3 Å². The molecule has 2 unspecified atom stereocenters. The van der Waals surface area contributed by atoms with Crippen LogP contribution in [-0.2, 0) is 17.9 Å². The number of rotatable bonds is 4. The molecule has 2 fully saturated rings. The number of hydrogen-bond donors (Lipinski definition) is 2. The fourth-order valence-corrected chi connectivity index (χ4v) is 5.23. The van der Waals surface area contributed by atoms with E-state index in [1.807, 2.05) is 28.3 Å². The van der Waals surface area contributed by atoms with Crippen molar-refractivity contribution < 1.29 is 9.59 Å². The molecule has 7 heteroatoms. The first-order chi connectivity index (χ1) is 15.0. The largest absolute Gasteiger partial charge is 0.385 e. The summed E-state index contributed by atoms with van der Waals surface area (Å²) in [4.78, 5) is 33.3. The Morgan fingerprint density at radius 3 is 2.77 bits per heavy atom. The summed E-state index contributed by atoms with van der Waals surface area (Å²) in [6.07, 6.45) is 13.5. The molecule has 164 valence electrons. The van der Waals surface area contributed by atoms with Crippen molar-refractivity contribution in [2.45, 2.75) is 51.7 Å². The van der Waals surface area contributed by atoms with Gasteiger partial charge in [-0.1, -0.05) is 12.2 Å². The van der Waals surface area contributed by atoms with Gasteiger partial charge in [0, 0.05) is 57.4 Å². The molecule has 7 nitrogen and oxygen atoms in total. The van der Waals surface area contributed by atoms with Gasteiger partial charge < -0.3 is 20.4 Å². The quantitative estimate of drug-likeness (QED) is 0.783. The second kappa shape index (κ2) is 8.02. The Hall–Kier alpha value is -2.83. The topological polar surface area (TPSA) is 77.6 Å². The van der Waals surface area contributed by atoms with Crippen LogP contribution < -0.4 is 10.6 Å². The Balaban J connectivity index is 1.05. The van der Waals surface area contributed by atoms with Crippen molar-refractivity contribution in [3.8, 4) is 0 Å². The summed E-state index contributed by atoms with van der Waals surface area (Å²) in [5, 5.41) is 6.41. The summed E-state index contributed by atoms with van der Waals surface area (Å²) in [6.45, 7) is 5.79. The van der Waals surface area contributed by atoms with Crippen LogP contribution in [0, 0.1) is 11.3 Å². The van der Waals surface area contributed by atoms with E-state index in [1.54, 1.807) is 6.20 Å². The molecule has 1 saturated heterocycles. The maximum atomic E-state index is 12.7. The molecule has 1 spiro atoms. The van der Waals surface area contributed by atoms with Crippen LogP contribution in [0.5, 0.6) is 0 Å². The zero-order valence-electron chi connectivity index (χ0n) is 18.1.